The number of rotatable bonds is 14. The standard InChI is InChI=1S/C31H42N5O2P/c1-5-6-11-27-35-29-30(25-18-17-24(39(3)4)21-26(25)34-31(29)32)36(27)38-20-8-7-19-33-28(37)12-9-10-23-15-13-22(2)14-16-23/h13-18,21H,5-12,19-20H2,1-4H3,(H2,32,34)(H,33,37). The smallest absolute Gasteiger partial charge is 0.220 e. The van der Waals surface area contributed by atoms with Crippen molar-refractivity contribution in [3.05, 3.63) is 59.4 Å². The number of nitrogen functional groups attached to an aromatic ring is 1. The Kier molecular flexibility index (Phi) is 10.2. The summed E-state index contributed by atoms with van der Waals surface area (Å²) in [7, 11) is -0.232. The van der Waals surface area contributed by atoms with Gasteiger partial charge < -0.3 is 15.9 Å². The molecule has 0 radical (unpaired) electrons. The number of benzene rings is 2. The lowest BCUT2D eigenvalue weighted by molar-refractivity contribution is -0.121. The minimum atomic E-state index is -0.232. The van der Waals surface area contributed by atoms with Gasteiger partial charge in [0.2, 0.25) is 5.91 Å². The zero-order valence-corrected chi connectivity index (χ0v) is 24.7. The first kappa shape index (κ1) is 28.8. The van der Waals surface area contributed by atoms with Crippen LogP contribution in [0.3, 0.4) is 0 Å². The zero-order chi connectivity index (χ0) is 27.8. The monoisotopic (exact) mass is 547 g/mol. The van der Waals surface area contributed by atoms with Gasteiger partial charge in [0.25, 0.3) is 0 Å². The Morgan fingerprint density at radius 1 is 1.03 bits per heavy atom. The molecule has 4 rings (SSSR count). The maximum absolute atomic E-state index is 12.2. The lowest BCUT2D eigenvalue weighted by Crippen LogP contribution is -2.25. The molecule has 0 spiro atoms. The maximum Gasteiger partial charge on any atom is 0.220 e. The number of amides is 1. The van der Waals surface area contributed by atoms with Crippen LogP contribution in [0, 0.1) is 6.92 Å². The highest BCUT2D eigenvalue weighted by atomic mass is 31.1. The van der Waals surface area contributed by atoms with Crippen molar-refractivity contribution in [1.82, 2.24) is 20.0 Å². The Labute approximate surface area is 233 Å². The molecule has 0 atom stereocenters. The van der Waals surface area contributed by atoms with Crippen molar-refractivity contribution in [2.45, 2.75) is 65.2 Å². The van der Waals surface area contributed by atoms with Crippen LogP contribution in [-0.2, 0) is 17.6 Å². The van der Waals surface area contributed by atoms with E-state index in [9.17, 15) is 4.79 Å². The third-order valence-corrected chi connectivity index (χ3v) is 8.31. The molecule has 0 aliphatic heterocycles. The third kappa shape index (κ3) is 7.48. The number of hydrogen-bond acceptors (Lipinski definition) is 5. The molecule has 3 N–H and O–H groups in total. The van der Waals surface area contributed by atoms with Gasteiger partial charge in [-0.05, 0) is 75.4 Å². The van der Waals surface area contributed by atoms with Gasteiger partial charge in [0.15, 0.2) is 5.82 Å². The number of imidazole rings is 1. The van der Waals surface area contributed by atoms with Crippen LogP contribution in [0.25, 0.3) is 21.9 Å². The summed E-state index contributed by atoms with van der Waals surface area (Å²) < 4.78 is 1.88. The van der Waals surface area contributed by atoms with E-state index in [1.54, 1.807) is 0 Å². The molecule has 8 heteroatoms. The number of nitrogens with two attached hydrogens (primary N) is 1. The van der Waals surface area contributed by atoms with Gasteiger partial charge in [0.05, 0.1) is 5.52 Å². The van der Waals surface area contributed by atoms with E-state index in [0.717, 1.165) is 67.2 Å². The third-order valence-electron chi connectivity index (χ3n) is 7.00. The van der Waals surface area contributed by atoms with Crippen molar-refractivity contribution in [3.63, 3.8) is 0 Å². The quantitative estimate of drug-likeness (QED) is 0.160. The van der Waals surface area contributed by atoms with E-state index >= 15 is 0 Å². The summed E-state index contributed by atoms with van der Waals surface area (Å²) >= 11 is 0. The number of fused-ring (bicyclic) bond motifs is 3. The SMILES string of the molecule is CCCCc1nc2c(N)nc3cc(P(C)C)ccc3c2n1OCCCCNC(=O)CCCc1ccc(C)cc1. The zero-order valence-electron chi connectivity index (χ0n) is 23.8. The molecule has 208 valence electrons. The molecular formula is C31H42N5O2P. The normalized spacial score (nSPS) is 11.5. The molecule has 4 aromatic rings. The minimum Gasteiger partial charge on any atom is -0.412 e. The number of carbonyl (C=O) groups is 1. The molecular weight excluding hydrogens is 505 g/mol. The molecule has 7 nitrogen and oxygen atoms in total. The highest BCUT2D eigenvalue weighted by Crippen LogP contribution is 2.31. The summed E-state index contributed by atoms with van der Waals surface area (Å²) in [5.41, 5.74) is 11.4. The largest absolute Gasteiger partial charge is 0.412 e. The number of aryl methyl sites for hydroxylation is 3. The Morgan fingerprint density at radius 3 is 2.56 bits per heavy atom. The molecule has 0 saturated heterocycles. The van der Waals surface area contributed by atoms with E-state index in [1.165, 1.54) is 16.4 Å². The molecule has 0 aliphatic carbocycles. The summed E-state index contributed by atoms with van der Waals surface area (Å²) in [6, 6.07) is 15.0. The molecule has 2 heterocycles. The van der Waals surface area contributed by atoms with E-state index in [4.69, 9.17) is 15.6 Å². The Bertz CT molecular complexity index is 1400. The summed E-state index contributed by atoms with van der Waals surface area (Å²) in [6.07, 6.45) is 6.93. The van der Waals surface area contributed by atoms with Crippen molar-refractivity contribution in [2.24, 2.45) is 0 Å². The number of hydrogen-bond donors (Lipinski definition) is 2. The van der Waals surface area contributed by atoms with Crippen molar-refractivity contribution in [1.29, 1.82) is 0 Å². The van der Waals surface area contributed by atoms with Gasteiger partial charge >= 0.3 is 0 Å². The second-order valence-electron chi connectivity index (χ2n) is 10.4. The van der Waals surface area contributed by atoms with Gasteiger partial charge in [0, 0.05) is 24.8 Å². The molecule has 1 amide bonds. The Morgan fingerprint density at radius 2 is 1.82 bits per heavy atom. The Balaban J connectivity index is 1.33. The molecule has 0 saturated carbocycles. The topological polar surface area (TPSA) is 95.1 Å². The predicted molar refractivity (Wildman–Crippen MR) is 164 cm³/mol. The highest BCUT2D eigenvalue weighted by Gasteiger charge is 2.19. The second kappa shape index (κ2) is 13.7. The summed E-state index contributed by atoms with van der Waals surface area (Å²) in [5.74, 6) is 1.44. The maximum atomic E-state index is 12.2. The number of aromatic nitrogens is 3. The highest BCUT2D eigenvalue weighted by molar-refractivity contribution is 7.64. The number of nitrogens with one attached hydrogen (secondary N) is 1. The van der Waals surface area contributed by atoms with Crippen LogP contribution in [-0.4, -0.2) is 47.1 Å². The van der Waals surface area contributed by atoms with Gasteiger partial charge in [-0.1, -0.05) is 57.2 Å². The van der Waals surface area contributed by atoms with Crippen LogP contribution in [0.4, 0.5) is 5.82 Å². The van der Waals surface area contributed by atoms with Crippen molar-refractivity contribution in [2.75, 3.05) is 32.2 Å². The average Bonchev–Trinajstić information content (AvgIpc) is 3.29. The van der Waals surface area contributed by atoms with E-state index in [-0.39, 0.29) is 13.8 Å². The van der Waals surface area contributed by atoms with Crippen molar-refractivity contribution < 1.29 is 9.63 Å². The molecule has 0 unspecified atom stereocenters. The molecule has 2 aromatic heterocycles. The van der Waals surface area contributed by atoms with Crippen LogP contribution >= 0.6 is 7.92 Å². The first-order valence-electron chi connectivity index (χ1n) is 14.1. The fourth-order valence-electron chi connectivity index (χ4n) is 4.68. The fourth-order valence-corrected chi connectivity index (χ4v) is 5.43. The lowest BCUT2D eigenvalue weighted by atomic mass is 10.1. The summed E-state index contributed by atoms with van der Waals surface area (Å²) in [6.45, 7) is 9.92. The number of unbranched alkanes of at least 4 members (excludes halogenated alkanes) is 2. The number of pyridine rings is 1. The Hall–Kier alpha value is -3.18. The first-order chi connectivity index (χ1) is 18.9. The summed E-state index contributed by atoms with van der Waals surface area (Å²) in [4.78, 5) is 28.1. The van der Waals surface area contributed by atoms with Crippen LogP contribution < -0.4 is 21.2 Å². The lowest BCUT2D eigenvalue weighted by Gasteiger charge is -2.13. The summed E-state index contributed by atoms with van der Waals surface area (Å²) in [5, 5.41) is 5.35. The van der Waals surface area contributed by atoms with Crippen LogP contribution in [0.15, 0.2) is 42.5 Å². The van der Waals surface area contributed by atoms with Gasteiger partial charge in [0.1, 0.15) is 23.5 Å². The molecule has 2 aromatic carbocycles. The van der Waals surface area contributed by atoms with Crippen LogP contribution in [0.1, 0.15) is 62.4 Å². The second-order valence-corrected chi connectivity index (χ2v) is 12.8. The number of nitrogens with zero attached hydrogens (tertiary/aromatic N) is 3. The number of anilines is 1. The van der Waals surface area contributed by atoms with E-state index in [2.05, 4.69) is 79.9 Å². The van der Waals surface area contributed by atoms with Crippen LogP contribution in [0.2, 0.25) is 0 Å². The van der Waals surface area contributed by atoms with Gasteiger partial charge in [-0.2, -0.15) is 4.73 Å². The fraction of sp³-hybridized carbons (Fsp3) is 0.452. The number of carbonyl (C=O) groups excluding carboxylic acids is 1. The first-order valence-corrected chi connectivity index (χ1v) is 16.3. The van der Waals surface area contributed by atoms with Crippen molar-refractivity contribution >= 4 is 46.9 Å². The molecule has 0 aliphatic rings. The van der Waals surface area contributed by atoms with E-state index in [1.807, 2.05) is 4.73 Å². The van der Waals surface area contributed by atoms with Crippen molar-refractivity contribution in [3.8, 4) is 0 Å². The molecule has 0 fully saturated rings. The van der Waals surface area contributed by atoms with E-state index in [0.29, 0.717) is 30.9 Å². The predicted octanol–water partition coefficient (Wildman–Crippen LogP) is 5.53. The average molecular weight is 548 g/mol. The van der Waals surface area contributed by atoms with E-state index < -0.39 is 0 Å². The van der Waals surface area contributed by atoms with Crippen LogP contribution in [0.5, 0.6) is 0 Å². The molecule has 0 bridgehead atoms. The van der Waals surface area contributed by atoms with Gasteiger partial charge in [-0.15, -0.1) is 0 Å². The molecule has 39 heavy (non-hydrogen) atoms. The minimum absolute atomic E-state index is 0.113. The van der Waals surface area contributed by atoms with Gasteiger partial charge in [-0.3, -0.25) is 4.79 Å². The van der Waals surface area contributed by atoms with Gasteiger partial charge in [-0.25, -0.2) is 9.97 Å².